The molecule has 2 aromatic carbocycles. The average molecular weight is 311 g/mol. The molecular weight excluding hydrogens is 282 g/mol. The van der Waals surface area contributed by atoms with Crippen molar-refractivity contribution < 1.29 is 4.74 Å². The van der Waals surface area contributed by atoms with Gasteiger partial charge >= 0.3 is 0 Å². The maximum absolute atomic E-state index is 5.81. The Morgan fingerprint density at radius 2 is 1.57 bits per heavy atom. The molecule has 0 aliphatic carbocycles. The molecule has 2 aromatic rings. The number of hydrogen-bond acceptors (Lipinski definition) is 2. The van der Waals surface area contributed by atoms with Crippen LogP contribution in [0.2, 0.25) is 0 Å². The van der Waals surface area contributed by atoms with E-state index in [0.29, 0.717) is 12.6 Å². The van der Waals surface area contributed by atoms with Gasteiger partial charge in [0.2, 0.25) is 0 Å². The standard InChI is InChI=1S/C21H29NO/c1-5-17(2)22-15-16-23-20-13-11-19(12-14-20)21(3,4)18-9-7-6-8-10-18/h6-14,17,22H,5,15-16H2,1-4H3/t17-/m1/s1. The lowest BCUT2D eigenvalue weighted by Crippen LogP contribution is -2.29. The minimum atomic E-state index is -0.00208. The number of rotatable bonds is 8. The normalized spacial score (nSPS) is 12.9. The minimum absolute atomic E-state index is 0.00208. The quantitative estimate of drug-likeness (QED) is 0.708. The van der Waals surface area contributed by atoms with Crippen LogP contribution < -0.4 is 10.1 Å². The largest absolute Gasteiger partial charge is 0.492 e. The second kappa shape index (κ2) is 8.16. The summed E-state index contributed by atoms with van der Waals surface area (Å²) in [4.78, 5) is 0. The predicted octanol–water partition coefficient (Wildman–Crippen LogP) is 4.78. The average Bonchev–Trinajstić information content (AvgIpc) is 2.59. The van der Waals surface area contributed by atoms with Gasteiger partial charge in [-0.1, -0.05) is 63.2 Å². The lowest BCUT2D eigenvalue weighted by molar-refractivity contribution is 0.306. The molecule has 0 aliphatic rings. The maximum Gasteiger partial charge on any atom is 0.119 e. The smallest absolute Gasteiger partial charge is 0.119 e. The summed E-state index contributed by atoms with van der Waals surface area (Å²) in [6.07, 6.45) is 1.14. The molecular formula is C21H29NO. The van der Waals surface area contributed by atoms with Crippen LogP contribution in [0.5, 0.6) is 5.75 Å². The molecule has 0 saturated carbocycles. The minimum Gasteiger partial charge on any atom is -0.492 e. The fraction of sp³-hybridized carbons (Fsp3) is 0.429. The highest BCUT2D eigenvalue weighted by molar-refractivity contribution is 5.39. The van der Waals surface area contributed by atoms with Gasteiger partial charge in [-0.2, -0.15) is 0 Å². The van der Waals surface area contributed by atoms with Crippen molar-refractivity contribution in [2.24, 2.45) is 0 Å². The Balaban J connectivity index is 1.94. The number of hydrogen-bond donors (Lipinski definition) is 1. The van der Waals surface area contributed by atoms with Crippen LogP contribution in [-0.2, 0) is 5.41 Å². The van der Waals surface area contributed by atoms with Crippen LogP contribution in [0.4, 0.5) is 0 Å². The summed E-state index contributed by atoms with van der Waals surface area (Å²) in [6, 6.07) is 19.7. The molecule has 0 amide bonds. The summed E-state index contributed by atoms with van der Waals surface area (Å²) < 4.78 is 5.81. The Hall–Kier alpha value is -1.80. The molecule has 0 bridgehead atoms. The van der Waals surface area contributed by atoms with Gasteiger partial charge in [-0.25, -0.2) is 0 Å². The van der Waals surface area contributed by atoms with Crippen LogP contribution in [-0.4, -0.2) is 19.2 Å². The van der Waals surface area contributed by atoms with Crippen molar-refractivity contribution in [3.63, 3.8) is 0 Å². The molecule has 1 N–H and O–H groups in total. The molecule has 124 valence electrons. The summed E-state index contributed by atoms with van der Waals surface area (Å²) in [6.45, 7) is 10.5. The van der Waals surface area contributed by atoms with Crippen molar-refractivity contribution >= 4 is 0 Å². The zero-order valence-corrected chi connectivity index (χ0v) is 14.8. The van der Waals surface area contributed by atoms with E-state index in [1.165, 1.54) is 11.1 Å². The molecule has 0 saturated heterocycles. The molecule has 0 aromatic heterocycles. The van der Waals surface area contributed by atoms with Crippen LogP contribution in [0.3, 0.4) is 0 Å². The molecule has 0 fully saturated rings. The highest BCUT2D eigenvalue weighted by Crippen LogP contribution is 2.32. The molecule has 23 heavy (non-hydrogen) atoms. The van der Waals surface area contributed by atoms with Crippen LogP contribution in [0.1, 0.15) is 45.2 Å². The zero-order valence-electron chi connectivity index (χ0n) is 14.8. The van der Waals surface area contributed by atoms with E-state index >= 15 is 0 Å². The van der Waals surface area contributed by atoms with Gasteiger partial charge in [0.15, 0.2) is 0 Å². The van der Waals surface area contributed by atoms with Crippen molar-refractivity contribution in [1.29, 1.82) is 0 Å². The second-order valence-corrected chi connectivity index (χ2v) is 6.63. The van der Waals surface area contributed by atoms with E-state index in [0.717, 1.165) is 18.7 Å². The Bertz CT molecular complexity index is 575. The molecule has 0 unspecified atom stereocenters. The molecule has 0 radical (unpaired) electrons. The molecule has 0 aliphatic heterocycles. The Morgan fingerprint density at radius 3 is 2.17 bits per heavy atom. The third-order valence-corrected chi connectivity index (χ3v) is 4.55. The van der Waals surface area contributed by atoms with E-state index in [2.05, 4.69) is 87.6 Å². The van der Waals surface area contributed by atoms with Crippen molar-refractivity contribution in [1.82, 2.24) is 5.32 Å². The molecule has 2 rings (SSSR count). The van der Waals surface area contributed by atoms with E-state index in [1.807, 2.05) is 0 Å². The first-order valence-electron chi connectivity index (χ1n) is 8.56. The van der Waals surface area contributed by atoms with Gasteiger partial charge in [0, 0.05) is 18.0 Å². The topological polar surface area (TPSA) is 21.3 Å². The molecule has 2 nitrogen and oxygen atoms in total. The Kier molecular flexibility index (Phi) is 6.23. The highest BCUT2D eigenvalue weighted by atomic mass is 16.5. The lowest BCUT2D eigenvalue weighted by atomic mass is 9.78. The van der Waals surface area contributed by atoms with Gasteiger partial charge in [-0.05, 0) is 36.6 Å². The van der Waals surface area contributed by atoms with Crippen molar-refractivity contribution in [2.75, 3.05) is 13.2 Å². The van der Waals surface area contributed by atoms with E-state index in [1.54, 1.807) is 0 Å². The zero-order chi connectivity index (χ0) is 16.7. The molecule has 0 spiro atoms. The van der Waals surface area contributed by atoms with Gasteiger partial charge < -0.3 is 10.1 Å². The summed E-state index contributed by atoms with van der Waals surface area (Å²) in [7, 11) is 0. The highest BCUT2D eigenvalue weighted by Gasteiger charge is 2.22. The van der Waals surface area contributed by atoms with Gasteiger partial charge in [-0.15, -0.1) is 0 Å². The summed E-state index contributed by atoms with van der Waals surface area (Å²) >= 11 is 0. The van der Waals surface area contributed by atoms with Gasteiger partial charge in [0.1, 0.15) is 12.4 Å². The Morgan fingerprint density at radius 1 is 0.957 bits per heavy atom. The maximum atomic E-state index is 5.81. The summed E-state index contributed by atoms with van der Waals surface area (Å²) in [5, 5.41) is 3.43. The van der Waals surface area contributed by atoms with Crippen LogP contribution in [0.15, 0.2) is 54.6 Å². The molecule has 2 heteroatoms. The predicted molar refractivity (Wildman–Crippen MR) is 98.3 cm³/mol. The first kappa shape index (κ1) is 17.6. The fourth-order valence-electron chi connectivity index (χ4n) is 2.61. The van der Waals surface area contributed by atoms with Crippen LogP contribution in [0.25, 0.3) is 0 Å². The Labute approximate surface area is 140 Å². The summed E-state index contributed by atoms with van der Waals surface area (Å²) in [5.41, 5.74) is 2.62. The first-order valence-corrected chi connectivity index (χ1v) is 8.56. The number of benzene rings is 2. The SMILES string of the molecule is CC[C@@H](C)NCCOc1ccc(C(C)(C)c2ccccc2)cc1. The van der Waals surface area contributed by atoms with E-state index in [4.69, 9.17) is 4.74 Å². The number of ether oxygens (including phenoxy) is 1. The van der Waals surface area contributed by atoms with Crippen molar-refractivity contribution in [2.45, 2.75) is 45.6 Å². The molecule has 1 atom stereocenters. The van der Waals surface area contributed by atoms with E-state index in [-0.39, 0.29) is 5.41 Å². The van der Waals surface area contributed by atoms with E-state index < -0.39 is 0 Å². The van der Waals surface area contributed by atoms with Gasteiger partial charge in [0.05, 0.1) is 0 Å². The van der Waals surface area contributed by atoms with Crippen molar-refractivity contribution in [3.05, 3.63) is 65.7 Å². The van der Waals surface area contributed by atoms with E-state index in [9.17, 15) is 0 Å². The van der Waals surface area contributed by atoms with Crippen molar-refractivity contribution in [3.8, 4) is 5.75 Å². The molecule has 0 heterocycles. The first-order chi connectivity index (χ1) is 11.0. The monoisotopic (exact) mass is 311 g/mol. The van der Waals surface area contributed by atoms with Crippen LogP contribution >= 0.6 is 0 Å². The van der Waals surface area contributed by atoms with Crippen LogP contribution in [0, 0.1) is 0 Å². The lowest BCUT2D eigenvalue weighted by Gasteiger charge is -2.26. The third-order valence-electron chi connectivity index (χ3n) is 4.55. The van der Waals surface area contributed by atoms with Gasteiger partial charge in [0.25, 0.3) is 0 Å². The third kappa shape index (κ3) is 4.84. The number of nitrogens with one attached hydrogen (secondary N) is 1. The second-order valence-electron chi connectivity index (χ2n) is 6.63. The van der Waals surface area contributed by atoms with Gasteiger partial charge in [-0.3, -0.25) is 0 Å². The fourth-order valence-corrected chi connectivity index (χ4v) is 2.61. The summed E-state index contributed by atoms with van der Waals surface area (Å²) in [5.74, 6) is 0.934.